The molecular formula is C11H14FNO2. The third kappa shape index (κ3) is 2.67. The summed E-state index contributed by atoms with van der Waals surface area (Å²) in [6.07, 6.45) is 2.36. The van der Waals surface area contributed by atoms with Crippen LogP contribution in [0.1, 0.15) is 18.4 Å². The minimum Gasteiger partial charge on any atom is -0.490 e. The van der Waals surface area contributed by atoms with E-state index in [2.05, 4.69) is 4.84 Å². The molecule has 0 aliphatic heterocycles. The van der Waals surface area contributed by atoms with Crippen LogP contribution in [0.15, 0.2) is 18.2 Å². The second kappa shape index (κ2) is 4.59. The van der Waals surface area contributed by atoms with Crippen molar-refractivity contribution in [2.24, 2.45) is 11.8 Å². The number of benzene rings is 1. The Balaban J connectivity index is 2.09. The summed E-state index contributed by atoms with van der Waals surface area (Å²) >= 11 is 0. The summed E-state index contributed by atoms with van der Waals surface area (Å²) in [5.74, 6) is 5.48. The lowest BCUT2D eigenvalue weighted by molar-refractivity contribution is 0.120. The number of para-hydroxylation sites is 1. The monoisotopic (exact) mass is 211 g/mol. The lowest BCUT2D eigenvalue weighted by Gasteiger charge is -2.11. The fourth-order valence-corrected chi connectivity index (χ4v) is 1.40. The van der Waals surface area contributed by atoms with Gasteiger partial charge < -0.3 is 4.74 Å². The van der Waals surface area contributed by atoms with Gasteiger partial charge >= 0.3 is 0 Å². The van der Waals surface area contributed by atoms with Crippen LogP contribution in [0, 0.1) is 11.7 Å². The Morgan fingerprint density at radius 1 is 1.40 bits per heavy atom. The van der Waals surface area contributed by atoms with Crippen LogP contribution in [0.4, 0.5) is 4.39 Å². The Morgan fingerprint density at radius 2 is 2.20 bits per heavy atom. The molecule has 15 heavy (non-hydrogen) atoms. The topological polar surface area (TPSA) is 44.5 Å². The van der Waals surface area contributed by atoms with Crippen LogP contribution >= 0.6 is 0 Å². The Hall–Kier alpha value is -1.13. The van der Waals surface area contributed by atoms with Gasteiger partial charge in [0, 0.05) is 5.56 Å². The summed E-state index contributed by atoms with van der Waals surface area (Å²) in [6, 6.07) is 4.74. The molecule has 0 saturated heterocycles. The highest BCUT2D eigenvalue weighted by Crippen LogP contribution is 2.31. The van der Waals surface area contributed by atoms with Gasteiger partial charge in [-0.05, 0) is 24.8 Å². The van der Waals surface area contributed by atoms with Crippen LogP contribution in [0.3, 0.4) is 0 Å². The molecule has 0 atom stereocenters. The molecule has 1 saturated carbocycles. The average molecular weight is 211 g/mol. The molecule has 0 unspecified atom stereocenters. The maximum atomic E-state index is 13.4. The van der Waals surface area contributed by atoms with Crippen LogP contribution in [0.5, 0.6) is 5.75 Å². The SMILES string of the molecule is NOCc1cccc(F)c1OCC1CC1. The van der Waals surface area contributed by atoms with E-state index in [4.69, 9.17) is 10.6 Å². The summed E-state index contributed by atoms with van der Waals surface area (Å²) in [4.78, 5) is 4.50. The molecule has 4 heteroatoms. The zero-order chi connectivity index (χ0) is 10.7. The molecule has 0 spiro atoms. The zero-order valence-electron chi connectivity index (χ0n) is 8.41. The molecule has 2 rings (SSSR count). The standard InChI is InChI=1S/C11H14FNO2/c12-10-3-1-2-9(7-15-13)11(10)14-6-8-4-5-8/h1-3,8H,4-7,13H2. The third-order valence-corrected chi connectivity index (χ3v) is 2.45. The van der Waals surface area contributed by atoms with Gasteiger partial charge in [-0.15, -0.1) is 0 Å². The molecule has 3 nitrogen and oxygen atoms in total. The van der Waals surface area contributed by atoms with Gasteiger partial charge in [-0.2, -0.15) is 0 Å². The summed E-state index contributed by atoms with van der Waals surface area (Å²) in [7, 11) is 0. The zero-order valence-corrected chi connectivity index (χ0v) is 8.41. The van der Waals surface area contributed by atoms with E-state index in [1.54, 1.807) is 12.1 Å². The quantitative estimate of drug-likeness (QED) is 0.757. The largest absolute Gasteiger partial charge is 0.490 e. The van der Waals surface area contributed by atoms with Crippen molar-refractivity contribution in [2.75, 3.05) is 6.61 Å². The predicted octanol–water partition coefficient (Wildman–Crippen LogP) is 2.00. The van der Waals surface area contributed by atoms with Crippen LogP contribution in [0.2, 0.25) is 0 Å². The molecule has 2 N–H and O–H groups in total. The predicted molar refractivity (Wildman–Crippen MR) is 53.6 cm³/mol. The molecule has 1 fully saturated rings. The Labute approximate surface area is 87.9 Å². The third-order valence-electron chi connectivity index (χ3n) is 2.45. The van der Waals surface area contributed by atoms with Crippen LogP contribution in [0.25, 0.3) is 0 Å². The molecular weight excluding hydrogens is 197 g/mol. The van der Waals surface area contributed by atoms with E-state index in [-0.39, 0.29) is 18.2 Å². The van der Waals surface area contributed by atoms with Crippen molar-refractivity contribution >= 4 is 0 Å². The highest BCUT2D eigenvalue weighted by atomic mass is 19.1. The van der Waals surface area contributed by atoms with Gasteiger partial charge in [-0.1, -0.05) is 12.1 Å². The van der Waals surface area contributed by atoms with Crippen molar-refractivity contribution in [1.82, 2.24) is 0 Å². The van der Waals surface area contributed by atoms with Crippen molar-refractivity contribution in [3.8, 4) is 5.75 Å². The number of ether oxygens (including phenoxy) is 1. The number of hydrogen-bond donors (Lipinski definition) is 1. The van der Waals surface area contributed by atoms with E-state index < -0.39 is 0 Å². The van der Waals surface area contributed by atoms with Crippen LogP contribution < -0.4 is 10.6 Å². The first-order valence-electron chi connectivity index (χ1n) is 5.03. The van der Waals surface area contributed by atoms with Crippen molar-refractivity contribution < 1.29 is 14.0 Å². The van der Waals surface area contributed by atoms with E-state index in [0.29, 0.717) is 18.1 Å². The second-order valence-corrected chi connectivity index (χ2v) is 3.79. The first-order valence-corrected chi connectivity index (χ1v) is 5.03. The first kappa shape index (κ1) is 10.4. The van der Waals surface area contributed by atoms with Gasteiger partial charge in [0.05, 0.1) is 13.2 Å². The Morgan fingerprint density at radius 3 is 2.87 bits per heavy atom. The molecule has 0 amide bonds. The summed E-state index contributed by atoms with van der Waals surface area (Å²) in [5.41, 5.74) is 0.651. The Kier molecular flexibility index (Phi) is 3.18. The van der Waals surface area contributed by atoms with E-state index in [1.165, 1.54) is 18.9 Å². The van der Waals surface area contributed by atoms with E-state index in [9.17, 15) is 4.39 Å². The molecule has 1 aromatic carbocycles. The van der Waals surface area contributed by atoms with E-state index in [1.807, 2.05) is 0 Å². The van der Waals surface area contributed by atoms with Gasteiger partial charge in [0.25, 0.3) is 0 Å². The highest BCUT2D eigenvalue weighted by molar-refractivity contribution is 5.34. The first-order chi connectivity index (χ1) is 7.31. The lowest BCUT2D eigenvalue weighted by atomic mass is 10.2. The van der Waals surface area contributed by atoms with Gasteiger partial charge in [0.2, 0.25) is 0 Å². The van der Waals surface area contributed by atoms with Gasteiger partial charge in [-0.3, -0.25) is 4.84 Å². The number of rotatable bonds is 5. The second-order valence-electron chi connectivity index (χ2n) is 3.79. The number of hydrogen-bond acceptors (Lipinski definition) is 3. The van der Waals surface area contributed by atoms with Gasteiger partial charge in [-0.25, -0.2) is 10.3 Å². The summed E-state index contributed by atoms with van der Waals surface area (Å²) in [6.45, 7) is 0.746. The van der Waals surface area contributed by atoms with Crippen molar-refractivity contribution in [3.63, 3.8) is 0 Å². The maximum absolute atomic E-state index is 13.4. The van der Waals surface area contributed by atoms with Crippen molar-refractivity contribution in [3.05, 3.63) is 29.6 Å². The molecule has 0 radical (unpaired) electrons. The molecule has 0 heterocycles. The average Bonchev–Trinajstić information content (AvgIpc) is 3.01. The fraction of sp³-hybridized carbons (Fsp3) is 0.455. The van der Waals surface area contributed by atoms with Crippen LogP contribution in [-0.4, -0.2) is 6.61 Å². The smallest absolute Gasteiger partial charge is 0.165 e. The molecule has 1 aliphatic rings. The number of halogens is 1. The summed E-state index contributed by atoms with van der Waals surface area (Å²) in [5, 5.41) is 0. The Bertz CT molecular complexity index is 339. The normalized spacial score (nSPS) is 15.3. The van der Waals surface area contributed by atoms with Gasteiger partial charge in [0.15, 0.2) is 11.6 Å². The maximum Gasteiger partial charge on any atom is 0.165 e. The van der Waals surface area contributed by atoms with Gasteiger partial charge in [0.1, 0.15) is 0 Å². The summed E-state index contributed by atoms with van der Waals surface area (Å²) < 4.78 is 18.9. The van der Waals surface area contributed by atoms with Crippen LogP contribution in [-0.2, 0) is 11.4 Å². The molecule has 1 aliphatic carbocycles. The van der Waals surface area contributed by atoms with E-state index in [0.717, 1.165) is 0 Å². The minimum absolute atomic E-state index is 0.164. The fourth-order valence-electron chi connectivity index (χ4n) is 1.40. The number of nitrogens with two attached hydrogens (primary N) is 1. The van der Waals surface area contributed by atoms with Crippen molar-refractivity contribution in [2.45, 2.75) is 19.4 Å². The minimum atomic E-state index is -0.356. The lowest BCUT2D eigenvalue weighted by Crippen LogP contribution is -2.06. The molecule has 82 valence electrons. The highest BCUT2D eigenvalue weighted by Gasteiger charge is 2.23. The molecule has 0 bridgehead atoms. The van der Waals surface area contributed by atoms with Crippen molar-refractivity contribution in [1.29, 1.82) is 0 Å². The molecule has 1 aromatic rings. The molecule has 0 aromatic heterocycles. The van der Waals surface area contributed by atoms with E-state index >= 15 is 0 Å².